The molecule has 0 aromatic rings. The van der Waals surface area contributed by atoms with Gasteiger partial charge in [0, 0.05) is 13.3 Å². The van der Waals surface area contributed by atoms with Crippen LogP contribution in [0.5, 0.6) is 0 Å². The molecule has 0 aliphatic heterocycles. The maximum Gasteiger partial charge on any atom is 0.302 e. The lowest BCUT2D eigenvalue weighted by Gasteiger charge is -2.58. The monoisotopic (exact) mass is 456 g/mol. The Balaban J connectivity index is 1.46. The van der Waals surface area contributed by atoms with Crippen molar-refractivity contribution in [2.24, 2.45) is 52.3 Å². The van der Waals surface area contributed by atoms with Gasteiger partial charge in [0.2, 0.25) is 0 Å². The number of fused-ring (bicyclic) bond motifs is 5. The van der Waals surface area contributed by atoms with Crippen LogP contribution < -0.4 is 0 Å². The minimum absolute atomic E-state index is 0.113. The summed E-state index contributed by atoms with van der Waals surface area (Å²) >= 11 is 0. The molecular formula is C31H52O2. The molecule has 188 valence electrons. The van der Waals surface area contributed by atoms with Gasteiger partial charge in [0.25, 0.3) is 0 Å². The molecule has 3 fully saturated rings. The summed E-state index contributed by atoms with van der Waals surface area (Å²) in [5, 5.41) is 0. The van der Waals surface area contributed by atoms with Gasteiger partial charge in [0.1, 0.15) is 6.10 Å². The van der Waals surface area contributed by atoms with Crippen LogP contribution in [0.3, 0.4) is 0 Å². The molecule has 0 N–H and O–H groups in total. The summed E-state index contributed by atoms with van der Waals surface area (Å²) in [6.45, 7) is 16.6. The molecule has 0 bridgehead atoms. The van der Waals surface area contributed by atoms with E-state index in [1.165, 1.54) is 57.8 Å². The minimum atomic E-state index is -0.115. The normalized spacial score (nSPS) is 42.1. The van der Waals surface area contributed by atoms with E-state index >= 15 is 0 Å². The van der Waals surface area contributed by atoms with Crippen LogP contribution in [0.25, 0.3) is 0 Å². The van der Waals surface area contributed by atoms with Crippen LogP contribution >= 0.6 is 0 Å². The number of carbonyl (C=O) groups is 1. The Morgan fingerprint density at radius 1 is 1.06 bits per heavy atom. The van der Waals surface area contributed by atoms with E-state index in [4.69, 9.17) is 4.74 Å². The molecule has 0 radical (unpaired) electrons. The molecule has 0 spiro atoms. The summed E-state index contributed by atoms with van der Waals surface area (Å²) in [5.74, 6) is 6.03. The lowest BCUT2D eigenvalue weighted by molar-refractivity contribution is -0.148. The van der Waals surface area contributed by atoms with Crippen LogP contribution in [0.15, 0.2) is 11.6 Å². The molecule has 0 amide bonds. The van der Waals surface area contributed by atoms with Crippen molar-refractivity contribution < 1.29 is 9.53 Å². The van der Waals surface area contributed by atoms with Crippen LogP contribution in [-0.2, 0) is 9.53 Å². The highest BCUT2D eigenvalue weighted by Gasteiger charge is 2.59. The number of carbonyl (C=O) groups excluding carboxylic acids is 1. The van der Waals surface area contributed by atoms with Crippen LogP contribution in [0.2, 0.25) is 0 Å². The Morgan fingerprint density at radius 2 is 1.82 bits per heavy atom. The quantitative estimate of drug-likeness (QED) is 0.283. The average Bonchev–Trinajstić information content (AvgIpc) is 3.11. The van der Waals surface area contributed by atoms with Crippen molar-refractivity contribution in [3.8, 4) is 0 Å². The predicted octanol–water partition coefficient (Wildman–Crippen LogP) is 8.60. The predicted molar refractivity (Wildman–Crippen MR) is 138 cm³/mol. The topological polar surface area (TPSA) is 26.3 Å². The van der Waals surface area contributed by atoms with Gasteiger partial charge in [-0.05, 0) is 104 Å². The van der Waals surface area contributed by atoms with Gasteiger partial charge in [-0.1, -0.05) is 66.0 Å². The van der Waals surface area contributed by atoms with Gasteiger partial charge in [-0.15, -0.1) is 0 Å². The molecular weight excluding hydrogens is 404 g/mol. The molecule has 0 aromatic heterocycles. The first-order valence-electron chi connectivity index (χ1n) is 14.5. The van der Waals surface area contributed by atoms with E-state index < -0.39 is 0 Å². The van der Waals surface area contributed by atoms with E-state index in [1.807, 2.05) is 0 Å². The summed E-state index contributed by atoms with van der Waals surface area (Å²) in [6, 6.07) is 0. The second kappa shape index (κ2) is 9.69. The van der Waals surface area contributed by atoms with Crippen molar-refractivity contribution >= 4 is 5.97 Å². The van der Waals surface area contributed by atoms with Gasteiger partial charge in [-0.2, -0.15) is 0 Å². The molecule has 4 rings (SSSR count). The third-order valence-electron chi connectivity index (χ3n) is 11.6. The fraction of sp³-hybridized carbons (Fsp3) is 0.903. The van der Waals surface area contributed by atoms with Gasteiger partial charge in [-0.25, -0.2) is 0 Å². The highest BCUT2D eigenvalue weighted by atomic mass is 16.5. The van der Waals surface area contributed by atoms with Crippen molar-refractivity contribution in [2.45, 2.75) is 125 Å². The van der Waals surface area contributed by atoms with E-state index in [2.05, 4.69) is 47.6 Å². The zero-order chi connectivity index (χ0) is 24.0. The number of ether oxygens (including phenoxy) is 1. The van der Waals surface area contributed by atoms with E-state index in [0.717, 1.165) is 54.3 Å². The fourth-order valence-electron chi connectivity index (χ4n) is 9.63. The highest BCUT2D eigenvalue weighted by Crippen LogP contribution is 2.67. The number of hydrogen-bond acceptors (Lipinski definition) is 2. The van der Waals surface area contributed by atoms with E-state index in [1.54, 1.807) is 12.5 Å². The number of allylic oxidation sites excluding steroid dienone is 1. The van der Waals surface area contributed by atoms with Crippen molar-refractivity contribution in [1.29, 1.82) is 0 Å². The maximum atomic E-state index is 11.5. The summed E-state index contributed by atoms with van der Waals surface area (Å²) < 4.78 is 5.63. The van der Waals surface area contributed by atoms with Crippen LogP contribution in [0.1, 0.15) is 119 Å². The first kappa shape index (κ1) is 25.3. The van der Waals surface area contributed by atoms with Crippen molar-refractivity contribution in [3.63, 3.8) is 0 Å². The molecule has 2 heteroatoms. The van der Waals surface area contributed by atoms with Crippen molar-refractivity contribution in [2.75, 3.05) is 0 Å². The Bertz CT molecular complexity index is 737. The number of rotatable bonds is 7. The van der Waals surface area contributed by atoms with Crippen molar-refractivity contribution in [1.82, 2.24) is 0 Å². The largest absolute Gasteiger partial charge is 0.462 e. The molecule has 33 heavy (non-hydrogen) atoms. The first-order chi connectivity index (χ1) is 15.6. The van der Waals surface area contributed by atoms with Gasteiger partial charge in [0.15, 0.2) is 0 Å². The average molecular weight is 457 g/mol. The Kier molecular flexibility index (Phi) is 7.43. The van der Waals surface area contributed by atoms with Crippen molar-refractivity contribution in [3.05, 3.63) is 11.6 Å². The Morgan fingerprint density at radius 3 is 2.48 bits per heavy atom. The SMILES string of the molecule is CCC(CCC(C)[C@H]1CCC2C3CC=C4CC(OC(C)=O)CC[C@]4(C)C3CC[C@@]21C)C(C)C. The third-order valence-corrected chi connectivity index (χ3v) is 11.6. The Hall–Kier alpha value is -0.790. The van der Waals surface area contributed by atoms with E-state index in [-0.39, 0.29) is 12.1 Å². The van der Waals surface area contributed by atoms with Gasteiger partial charge in [0.05, 0.1) is 0 Å². The zero-order valence-electron chi connectivity index (χ0n) is 22.8. The van der Waals surface area contributed by atoms with Crippen LogP contribution in [-0.4, -0.2) is 12.1 Å². The molecule has 0 aromatic carbocycles. The standard InChI is InChI=1S/C31H52O2/c1-8-23(20(2)3)10-9-21(4)27-13-14-28-26-12-11-24-19-25(33-22(5)32)15-17-30(24,6)29(26)16-18-31(27,28)7/h11,20-21,23,25-29H,8-10,12-19H2,1-7H3/t21?,23?,25?,26?,27-,28?,29?,30+,31-/m1/s1. The Labute approximate surface area is 204 Å². The van der Waals surface area contributed by atoms with Crippen LogP contribution in [0.4, 0.5) is 0 Å². The molecule has 4 aliphatic rings. The molecule has 0 saturated heterocycles. The maximum absolute atomic E-state index is 11.5. The molecule has 3 saturated carbocycles. The number of esters is 1. The smallest absolute Gasteiger partial charge is 0.302 e. The third kappa shape index (κ3) is 4.58. The summed E-state index contributed by atoms with van der Waals surface area (Å²) in [4.78, 5) is 11.5. The first-order valence-corrected chi connectivity index (χ1v) is 14.5. The van der Waals surface area contributed by atoms with E-state index in [0.29, 0.717) is 10.8 Å². The number of hydrogen-bond donors (Lipinski definition) is 0. The zero-order valence-corrected chi connectivity index (χ0v) is 22.8. The summed E-state index contributed by atoms with van der Waals surface area (Å²) in [5.41, 5.74) is 2.51. The van der Waals surface area contributed by atoms with Gasteiger partial charge >= 0.3 is 5.97 Å². The highest BCUT2D eigenvalue weighted by molar-refractivity contribution is 5.66. The molecule has 4 aliphatic carbocycles. The fourth-order valence-corrected chi connectivity index (χ4v) is 9.63. The second-order valence-electron chi connectivity index (χ2n) is 13.4. The lowest BCUT2D eigenvalue weighted by atomic mass is 9.47. The minimum Gasteiger partial charge on any atom is -0.462 e. The molecule has 9 atom stereocenters. The molecule has 2 nitrogen and oxygen atoms in total. The second-order valence-corrected chi connectivity index (χ2v) is 13.4. The molecule has 0 heterocycles. The van der Waals surface area contributed by atoms with Gasteiger partial charge in [-0.3, -0.25) is 4.79 Å². The molecule has 6 unspecified atom stereocenters. The van der Waals surface area contributed by atoms with E-state index in [9.17, 15) is 4.79 Å². The van der Waals surface area contributed by atoms with Crippen LogP contribution in [0, 0.1) is 52.3 Å². The van der Waals surface area contributed by atoms with Gasteiger partial charge < -0.3 is 4.74 Å². The lowest BCUT2D eigenvalue weighted by Crippen LogP contribution is -2.51. The summed E-state index contributed by atoms with van der Waals surface area (Å²) in [6.07, 6.45) is 17.2. The summed E-state index contributed by atoms with van der Waals surface area (Å²) in [7, 11) is 0.